The average molecular weight is 330 g/mol. The number of halogens is 4. The van der Waals surface area contributed by atoms with Crippen LogP contribution in [0.25, 0.3) is 0 Å². The van der Waals surface area contributed by atoms with Gasteiger partial charge in [0.25, 0.3) is 0 Å². The van der Waals surface area contributed by atoms with E-state index in [1.807, 2.05) is 6.92 Å². The SMILES string of the molecule is CCCNC(c1ccc(Cl)cc1Cl)c1cccc(F)c1F. The van der Waals surface area contributed by atoms with E-state index >= 15 is 0 Å². The lowest BCUT2D eigenvalue weighted by Crippen LogP contribution is -2.24. The molecule has 1 N–H and O–H groups in total. The molecule has 112 valence electrons. The third-order valence-electron chi connectivity index (χ3n) is 3.16. The lowest BCUT2D eigenvalue weighted by Gasteiger charge is -2.21. The van der Waals surface area contributed by atoms with Crippen LogP contribution in [0.2, 0.25) is 10.0 Å². The second kappa shape index (κ2) is 7.21. The largest absolute Gasteiger partial charge is 0.306 e. The van der Waals surface area contributed by atoms with Gasteiger partial charge in [-0.25, -0.2) is 8.78 Å². The van der Waals surface area contributed by atoms with Gasteiger partial charge in [0.2, 0.25) is 0 Å². The minimum atomic E-state index is -0.874. The fraction of sp³-hybridized carbons (Fsp3) is 0.250. The van der Waals surface area contributed by atoms with Gasteiger partial charge in [0.15, 0.2) is 11.6 Å². The third-order valence-corrected chi connectivity index (χ3v) is 3.73. The summed E-state index contributed by atoms with van der Waals surface area (Å²) in [6.45, 7) is 2.65. The van der Waals surface area contributed by atoms with Gasteiger partial charge in [0.1, 0.15) is 0 Å². The molecule has 0 radical (unpaired) electrons. The minimum Gasteiger partial charge on any atom is -0.306 e. The van der Waals surface area contributed by atoms with E-state index < -0.39 is 17.7 Å². The maximum Gasteiger partial charge on any atom is 0.163 e. The first kappa shape index (κ1) is 16.2. The predicted octanol–water partition coefficient (Wildman–Crippen LogP) is 5.36. The Morgan fingerprint density at radius 3 is 2.52 bits per heavy atom. The highest BCUT2D eigenvalue weighted by molar-refractivity contribution is 6.35. The Morgan fingerprint density at radius 1 is 1.10 bits per heavy atom. The van der Waals surface area contributed by atoms with E-state index in [1.165, 1.54) is 6.07 Å². The zero-order valence-corrected chi connectivity index (χ0v) is 13.0. The van der Waals surface area contributed by atoms with Gasteiger partial charge < -0.3 is 5.32 Å². The first-order valence-corrected chi connectivity index (χ1v) is 7.42. The molecule has 1 atom stereocenters. The van der Waals surface area contributed by atoms with Gasteiger partial charge >= 0.3 is 0 Å². The monoisotopic (exact) mass is 329 g/mol. The summed E-state index contributed by atoms with van der Waals surface area (Å²) in [6, 6.07) is 8.61. The van der Waals surface area contributed by atoms with Gasteiger partial charge in [-0.15, -0.1) is 0 Å². The molecule has 0 aliphatic carbocycles. The van der Waals surface area contributed by atoms with E-state index in [0.717, 1.165) is 12.5 Å². The van der Waals surface area contributed by atoms with Crippen LogP contribution < -0.4 is 5.32 Å². The molecule has 0 saturated heterocycles. The molecule has 2 aromatic rings. The van der Waals surface area contributed by atoms with Crippen molar-refractivity contribution in [3.8, 4) is 0 Å². The molecule has 0 saturated carbocycles. The van der Waals surface area contributed by atoms with Gasteiger partial charge in [-0.3, -0.25) is 0 Å². The minimum absolute atomic E-state index is 0.229. The summed E-state index contributed by atoms with van der Waals surface area (Å²) < 4.78 is 27.6. The van der Waals surface area contributed by atoms with Crippen molar-refractivity contribution < 1.29 is 8.78 Å². The summed E-state index contributed by atoms with van der Waals surface area (Å²) in [5, 5.41) is 4.11. The van der Waals surface area contributed by atoms with Crippen LogP contribution in [0.3, 0.4) is 0 Å². The molecule has 2 aromatic carbocycles. The van der Waals surface area contributed by atoms with E-state index in [9.17, 15) is 8.78 Å². The summed E-state index contributed by atoms with van der Waals surface area (Å²) in [6.07, 6.45) is 0.860. The van der Waals surface area contributed by atoms with Crippen molar-refractivity contribution in [2.75, 3.05) is 6.54 Å². The second-order valence-electron chi connectivity index (χ2n) is 4.70. The van der Waals surface area contributed by atoms with Gasteiger partial charge in [0.05, 0.1) is 6.04 Å². The highest BCUT2D eigenvalue weighted by atomic mass is 35.5. The molecule has 2 rings (SSSR count). The smallest absolute Gasteiger partial charge is 0.163 e. The quantitative estimate of drug-likeness (QED) is 0.778. The Hall–Kier alpha value is -1.16. The van der Waals surface area contributed by atoms with E-state index in [2.05, 4.69) is 5.32 Å². The number of nitrogens with one attached hydrogen (secondary N) is 1. The molecule has 1 unspecified atom stereocenters. The Balaban J connectivity index is 2.49. The first-order chi connectivity index (χ1) is 10.0. The van der Waals surface area contributed by atoms with Crippen molar-refractivity contribution in [3.05, 3.63) is 69.2 Å². The Morgan fingerprint density at radius 2 is 1.86 bits per heavy atom. The summed E-state index contributed by atoms with van der Waals surface area (Å²) in [5.41, 5.74) is 0.895. The van der Waals surface area contributed by atoms with Crippen LogP contribution in [-0.4, -0.2) is 6.54 Å². The molecule has 1 nitrogen and oxygen atoms in total. The van der Waals surface area contributed by atoms with Crippen LogP contribution in [0.1, 0.15) is 30.5 Å². The zero-order valence-electron chi connectivity index (χ0n) is 11.5. The van der Waals surface area contributed by atoms with Crippen LogP contribution >= 0.6 is 23.2 Å². The van der Waals surface area contributed by atoms with Gasteiger partial charge in [-0.2, -0.15) is 0 Å². The van der Waals surface area contributed by atoms with Crippen LogP contribution in [0.5, 0.6) is 0 Å². The topological polar surface area (TPSA) is 12.0 Å². The van der Waals surface area contributed by atoms with Crippen molar-refractivity contribution >= 4 is 23.2 Å². The van der Waals surface area contributed by atoms with Crippen molar-refractivity contribution in [2.24, 2.45) is 0 Å². The normalized spacial score (nSPS) is 12.4. The van der Waals surface area contributed by atoms with Crippen molar-refractivity contribution in [2.45, 2.75) is 19.4 Å². The van der Waals surface area contributed by atoms with Crippen LogP contribution in [0.15, 0.2) is 36.4 Å². The van der Waals surface area contributed by atoms with Crippen molar-refractivity contribution in [3.63, 3.8) is 0 Å². The Kier molecular flexibility index (Phi) is 5.57. The second-order valence-corrected chi connectivity index (χ2v) is 5.54. The Bertz CT molecular complexity index is 632. The molecular weight excluding hydrogens is 315 g/mol. The standard InChI is InChI=1S/C16H15Cl2F2N/c1-2-8-21-16(11-7-6-10(17)9-13(11)18)12-4-3-5-14(19)15(12)20/h3-7,9,16,21H,2,8H2,1H3. The number of benzene rings is 2. The molecule has 21 heavy (non-hydrogen) atoms. The zero-order chi connectivity index (χ0) is 15.4. The van der Waals surface area contributed by atoms with E-state index in [0.29, 0.717) is 22.2 Å². The van der Waals surface area contributed by atoms with E-state index in [4.69, 9.17) is 23.2 Å². The van der Waals surface area contributed by atoms with Gasteiger partial charge in [0, 0.05) is 15.6 Å². The molecule has 0 heterocycles. The predicted molar refractivity (Wildman–Crippen MR) is 83.0 cm³/mol. The van der Waals surface area contributed by atoms with Gasteiger partial charge in [-0.05, 0) is 36.7 Å². The maximum atomic E-state index is 14.1. The summed E-state index contributed by atoms with van der Waals surface area (Å²) in [7, 11) is 0. The molecule has 0 aliphatic heterocycles. The molecular formula is C16H15Cl2F2N. The highest BCUT2D eigenvalue weighted by Crippen LogP contribution is 2.32. The maximum absolute atomic E-state index is 14.1. The molecule has 0 bridgehead atoms. The molecule has 0 fully saturated rings. The van der Waals surface area contributed by atoms with Crippen LogP contribution in [0.4, 0.5) is 8.78 Å². The van der Waals surface area contributed by atoms with Crippen molar-refractivity contribution in [1.82, 2.24) is 5.32 Å². The average Bonchev–Trinajstić information content (AvgIpc) is 2.45. The Labute approximate surface area is 132 Å². The molecule has 0 spiro atoms. The lowest BCUT2D eigenvalue weighted by atomic mass is 9.97. The lowest BCUT2D eigenvalue weighted by molar-refractivity contribution is 0.480. The van der Waals surface area contributed by atoms with E-state index in [-0.39, 0.29) is 5.56 Å². The fourth-order valence-electron chi connectivity index (χ4n) is 2.16. The molecule has 0 amide bonds. The summed E-state index contributed by atoms with van der Waals surface area (Å²) in [5.74, 6) is -1.74. The highest BCUT2D eigenvalue weighted by Gasteiger charge is 2.21. The summed E-state index contributed by atoms with van der Waals surface area (Å²) in [4.78, 5) is 0. The van der Waals surface area contributed by atoms with Crippen LogP contribution in [0, 0.1) is 11.6 Å². The van der Waals surface area contributed by atoms with Gasteiger partial charge in [-0.1, -0.05) is 48.3 Å². The van der Waals surface area contributed by atoms with E-state index in [1.54, 1.807) is 24.3 Å². The summed E-state index contributed by atoms with van der Waals surface area (Å²) >= 11 is 12.1. The first-order valence-electron chi connectivity index (χ1n) is 6.66. The number of hydrogen-bond donors (Lipinski definition) is 1. The van der Waals surface area contributed by atoms with Crippen LogP contribution in [-0.2, 0) is 0 Å². The molecule has 5 heteroatoms. The third kappa shape index (κ3) is 3.73. The van der Waals surface area contributed by atoms with Crippen molar-refractivity contribution in [1.29, 1.82) is 0 Å². The molecule has 0 aromatic heterocycles. The fourth-order valence-corrected chi connectivity index (χ4v) is 2.67. The number of hydrogen-bond acceptors (Lipinski definition) is 1. The molecule has 0 aliphatic rings. The number of rotatable bonds is 5.